The summed E-state index contributed by atoms with van der Waals surface area (Å²) >= 11 is 0.611. The summed E-state index contributed by atoms with van der Waals surface area (Å²) < 4.78 is 44.3. The second-order valence-electron chi connectivity index (χ2n) is 3.88. The predicted molar refractivity (Wildman–Crippen MR) is 75.0 cm³/mol. The lowest BCUT2D eigenvalue weighted by molar-refractivity contribution is 0.0702. The van der Waals surface area contributed by atoms with Gasteiger partial charge in [0, 0.05) is 6.07 Å². The van der Waals surface area contributed by atoms with Crippen LogP contribution in [0.4, 0.5) is 10.1 Å². The summed E-state index contributed by atoms with van der Waals surface area (Å²) in [5.41, 5.74) is 0.0126. The van der Waals surface area contributed by atoms with Crippen molar-refractivity contribution in [1.82, 2.24) is 0 Å². The molecule has 1 aromatic carbocycles. The average Bonchev–Trinajstić information content (AvgIpc) is 2.89. The Morgan fingerprint density at radius 2 is 2.05 bits per heavy atom. The van der Waals surface area contributed by atoms with Gasteiger partial charge in [0.25, 0.3) is 10.0 Å². The second kappa shape index (κ2) is 5.70. The van der Waals surface area contributed by atoms with Crippen LogP contribution in [0.25, 0.3) is 0 Å². The number of anilines is 1. The Labute approximate surface area is 123 Å². The number of thiophene rings is 1. The highest BCUT2D eigenvalue weighted by atomic mass is 32.2. The number of ether oxygens (including phenoxy) is 1. The Hall–Kier alpha value is -2.13. The van der Waals surface area contributed by atoms with Gasteiger partial charge >= 0.3 is 5.97 Å². The molecule has 0 amide bonds. The normalized spacial score (nSPS) is 11.1. The molecule has 0 fully saturated rings. The van der Waals surface area contributed by atoms with E-state index < -0.39 is 21.8 Å². The maximum absolute atomic E-state index is 13.5. The fraction of sp³-hybridized carbons (Fsp3) is 0.0833. The largest absolute Gasteiger partial charge is 0.494 e. The van der Waals surface area contributed by atoms with Gasteiger partial charge in [-0.15, -0.1) is 11.3 Å². The third-order valence-electron chi connectivity index (χ3n) is 2.46. The van der Waals surface area contributed by atoms with E-state index >= 15 is 0 Å². The number of carbonyl (C=O) groups is 1. The summed E-state index contributed by atoms with van der Waals surface area (Å²) in [6.45, 7) is 0. The highest BCUT2D eigenvalue weighted by Gasteiger charge is 2.19. The van der Waals surface area contributed by atoms with Gasteiger partial charge in [-0.05, 0) is 24.3 Å². The van der Waals surface area contributed by atoms with Crippen LogP contribution in [0.1, 0.15) is 9.67 Å². The molecule has 0 bridgehead atoms. The molecule has 0 unspecified atom stereocenters. The van der Waals surface area contributed by atoms with E-state index in [0.29, 0.717) is 11.3 Å². The maximum Gasteiger partial charge on any atom is 0.345 e. The molecule has 0 aliphatic carbocycles. The van der Waals surface area contributed by atoms with Gasteiger partial charge in [0.1, 0.15) is 9.09 Å². The molecule has 2 N–H and O–H groups in total. The number of rotatable bonds is 5. The molecule has 0 aliphatic heterocycles. The van der Waals surface area contributed by atoms with E-state index in [2.05, 4.69) is 4.72 Å². The van der Waals surface area contributed by atoms with E-state index in [0.717, 1.165) is 6.07 Å². The average molecular weight is 331 g/mol. The minimum atomic E-state index is -3.96. The molecule has 0 saturated heterocycles. The van der Waals surface area contributed by atoms with Crippen LogP contribution in [0.2, 0.25) is 0 Å². The fourth-order valence-electron chi connectivity index (χ4n) is 1.51. The van der Waals surface area contributed by atoms with Gasteiger partial charge in [-0.2, -0.15) is 0 Å². The predicted octanol–water partition coefficient (Wildman–Crippen LogP) is 2.39. The molecule has 1 aromatic heterocycles. The van der Waals surface area contributed by atoms with E-state index in [1.54, 1.807) is 0 Å². The molecule has 2 aromatic rings. The van der Waals surface area contributed by atoms with E-state index in [9.17, 15) is 17.6 Å². The van der Waals surface area contributed by atoms with Gasteiger partial charge in [-0.3, -0.25) is 4.72 Å². The molecular formula is C12H10FNO5S2. The molecule has 9 heteroatoms. The molecule has 0 radical (unpaired) electrons. The third kappa shape index (κ3) is 3.31. The molecule has 0 spiro atoms. The van der Waals surface area contributed by atoms with Crippen LogP contribution >= 0.6 is 11.3 Å². The molecule has 0 aliphatic rings. The van der Waals surface area contributed by atoms with Crippen LogP contribution in [-0.4, -0.2) is 26.6 Å². The first-order valence-electron chi connectivity index (χ1n) is 5.53. The van der Waals surface area contributed by atoms with Crippen LogP contribution in [-0.2, 0) is 10.0 Å². The number of methoxy groups -OCH3 is 1. The second-order valence-corrected chi connectivity index (χ2v) is 6.87. The number of aromatic carboxylic acids is 1. The Bertz CT molecular complexity index is 785. The van der Waals surface area contributed by atoms with Crippen LogP contribution in [0.3, 0.4) is 0 Å². The number of carboxylic acid groups (broad SMARTS) is 1. The number of nitrogens with one attached hydrogen (secondary N) is 1. The van der Waals surface area contributed by atoms with E-state index in [4.69, 9.17) is 9.84 Å². The summed E-state index contributed by atoms with van der Waals surface area (Å²) in [4.78, 5) is 10.6. The van der Waals surface area contributed by atoms with Crippen molar-refractivity contribution in [3.63, 3.8) is 0 Å². The van der Waals surface area contributed by atoms with Gasteiger partial charge < -0.3 is 9.84 Å². The molecule has 2 rings (SSSR count). The lowest BCUT2D eigenvalue weighted by atomic mass is 10.3. The molecular weight excluding hydrogens is 321 g/mol. The van der Waals surface area contributed by atoms with Crippen molar-refractivity contribution in [1.29, 1.82) is 0 Å². The lowest BCUT2D eigenvalue weighted by Crippen LogP contribution is -2.11. The minimum absolute atomic E-state index is 0.0118. The van der Waals surface area contributed by atoms with Crippen molar-refractivity contribution in [3.8, 4) is 5.75 Å². The zero-order valence-electron chi connectivity index (χ0n) is 10.7. The quantitative estimate of drug-likeness (QED) is 0.877. The maximum atomic E-state index is 13.5. The summed E-state index contributed by atoms with van der Waals surface area (Å²) in [5.74, 6) is -1.94. The third-order valence-corrected chi connectivity index (χ3v) is 5.41. The number of benzene rings is 1. The molecule has 6 nitrogen and oxygen atoms in total. The smallest absolute Gasteiger partial charge is 0.345 e. The van der Waals surface area contributed by atoms with Crippen molar-refractivity contribution in [3.05, 3.63) is 41.0 Å². The van der Waals surface area contributed by atoms with Crippen molar-refractivity contribution < 1.29 is 27.4 Å². The SMILES string of the molecule is COc1ccc(NS(=O)(=O)c2ccc(C(=O)O)s2)cc1F. The van der Waals surface area contributed by atoms with E-state index in [-0.39, 0.29) is 20.5 Å². The van der Waals surface area contributed by atoms with Crippen molar-refractivity contribution in [2.24, 2.45) is 0 Å². The standard InChI is InChI=1S/C12H10FNO5S2/c1-19-9-3-2-7(6-8(9)13)14-21(17,18)11-5-4-10(20-11)12(15)16/h2-6,14H,1H3,(H,15,16). The van der Waals surface area contributed by atoms with Crippen LogP contribution in [0, 0.1) is 5.82 Å². The lowest BCUT2D eigenvalue weighted by Gasteiger charge is -2.08. The van der Waals surface area contributed by atoms with Gasteiger partial charge in [0.05, 0.1) is 12.8 Å². The first-order chi connectivity index (χ1) is 9.83. The first-order valence-corrected chi connectivity index (χ1v) is 7.83. The highest BCUT2D eigenvalue weighted by molar-refractivity contribution is 7.94. The zero-order chi connectivity index (χ0) is 15.6. The molecule has 0 atom stereocenters. The van der Waals surface area contributed by atoms with Crippen LogP contribution in [0.15, 0.2) is 34.5 Å². The van der Waals surface area contributed by atoms with Gasteiger partial charge in [-0.1, -0.05) is 0 Å². The van der Waals surface area contributed by atoms with Crippen LogP contribution in [0.5, 0.6) is 5.75 Å². The van der Waals surface area contributed by atoms with E-state index in [1.807, 2.05) is 0 Å². The summed E-state index contributed by atoms with van der Waals surface area (Å²) in [6, 6.07) is 5.96. The molecule has 1 heterocycles. The summed E-state index contributed by atoms with van der Waals surface area (Å²) in [6.07, 6.45) is 0. The number of hydrogen-bond acceptors (Lipinski definition) is 5. The monoisotopic (exact) mass is 331 g/mol. The van der Waals surface area contributed by atoms with Crippen molar-refractivity contribution in [2.75, 3.05) is 11.8 Å². The molecule has 21 heavy (non-hydrogen) atoms. The van der Waals surface area contributed by atoms with Crippen molar-refractivity contribution >= 4 is 33.0 Å². The molecule has 0 saturated carbocycles. The number of hydrogen-bond donors (Lipinski definition) is 2. The van der Waals surface area contributed by atoms with Crippen molar-refractivity contribution in [2.45, 2.75) is 4.21 Å². The Morgan fingerprint density at radius 3 is 2.57 bits per heavy atom. The topological polar surface area (TPSA) is 92.7 Å². The Morgan fingerprint density at radius 1 is 1.33 bits per heavy atom. The minimum Gasteiger partial charge on any atom is -0.494 e. The fourth-order valence-corrected chi connectivity index (χ4v) is 3.71. The van der Waals surface area contributed by atoms with Gasteiger partial charge in [0.15, 0.2) is 11.6 Å². The Balaban J connectivity index is 2.28. The van der Waals surface area contributed by atoms with E-state index in [1.165, 1.54) is 31.4 Å². The van der Waals surface area contributed by atoms with Crippen LogP contribution < -0.4 is 9.46 Å². The highest BCUT2D eigenvalue weighted by Crippen LogP contribution is 2.26. The molecule has 112 valence electrons. The van der Waals surface area contributed by atoms with Gasteiger partial charge in [-0.25, -0.2) is 17.6 Å². The summed E-state index contributed by atoms with van der Waals surface area (Å²) in [7, 11) is -2.67. The number of halogens is 1. The summed E-state index contributed by atoms with van der Waals surface area (Å²) in [5, 5.41) is 8.78. The number of sulfonamides is 1. The Kier molecular flexibility index (Phi) is 4.14. The first kappa shape index (κ1) is 15.3. The number of carboxylic acids is 1. The zero-order valence-corrected chi connectivity index (χ0v) is 12.3. The van der Waals surface area contributed by atoms with Gasteiger partial charge in [0.2, 0.25) is 0 Å².